The molecule has 1 saturated carbocycles. The molecule has 1 aliphatic rings. The van der Waals surface area contributed by atoms with Crippen molar-refractivity contribution >= 4 is 10.9 Å². The highest BCUT2D eigenvalue weighted by Gasteiger charge is 2.30. The minimum atomic E-state index is -4.31. The van der Waals surface area contributed by atoms with Crippen LogP contribution >= 0.6 is 0 Å². The molecule has 2 aromatic carbocycles. The Morgan fingerprint density at radius 2 is 1.62 bits per heavy atom. The molecule has 0 radical (unpaired) electrons. The van der Waals surface area contributed by atoms with Crippen molar-refractivity contribution in [3.05, 3.63) is 60.3 Å². The summed E-state index contributed by atoms with van der Waals surface area (Å²) in [5.74, 6) is 0. The fourth-order valence-corrected chi connectivity index (χ4v) is 3.72. The molecule has 0 aliphatic heterocycles. The average Bonchev–Trinajstić information content (AvgIpc) is 3.22. The number of benzene rings is 2. The van der Waals surface area contributed by atoms with Gasteiger partial charge in [-0.15, -0.1) is 0 Å². The standard InChI is InChI=1S/C20H18F3N/c21-20(22,23)17-5-3-4-14(13-17)15-8-9-19-16(12-15)10-11-24(19)18-6-1-2-7-18/h3-5,8-13,18H,1-2,6-7H2. The summed E-state index contributed by atoms with van der Waals surface area (Å²) in [5.41, 5.74) is 1.97. The molecule has 0 unspecified atom stereocenters. The lowest BCUT2D eigenvalue weighted by molar-refractivity contribution is -0.137. The monoisotopic (exact) mass is 329 g/mol. The molecule has 4 rings (SSSR count). The summed E-state index contributed by atoms with van der Waals surface area (Å²) in [6, 6.07) is 14.1. The third-order valence-electron chi connectivity index (χ3n) is 4.96. The van der Waals surface area contributed by atoms with Crippen molar-refractivity contribution in [2.75, 3.05) is 0 Å². The molecule has 1 aliphatic carbocycles. The van der Waals surface area contributed by atoms with Crippen molar-refractivity contribution in [3.63, 3.8) is 0 Å². The molecule has 1 nitrogen and oxygen atoms in total. The van der Waals surface area contributed by atoms with Crippen molar-refractivity contribution < 1.29 is 13.2 Å². The van der Waals surface area contributed by atoms with E-state index in [1.165, 1.54) is 37.8 Å². The first-order chi connectivity index (χ1) is 11.5. The van der Waals surface area contributed by atoms with Crippen LogP contribution in [0.3, 0.4) is 0 Å². The van der Waals surface area contributed by atoms with Gasteiger partial charge >= 0.3 is 6.18 Å². The fraction of sp³-hybridized carbons (Fsp3) is 0.300. The summed E-state index contributed by atoms with van der Waals surface area (Å²) < 4.78 is 41.0. The third kappa shape index (κ3) is 2.70. The normalized spacial score (nSPS) is 16.1. The number of halogens is 3. The number of fused-ring (bicyclic) bond motifs is 1. The molecular weight excluding hydrogens is 311 g/mol. The van der Waals surface area contributed by atoms with Gasteiger partial charge in [0.25, 0.3) is 0 Å². The number of hydrogen-bond acceptors (Lipinski definition) is 0. The van der Waals surface area contributed by atoms with E-state index >= 15 is 0 Å². The molecule has 0 spiro atoms. The molecule has 1 fully saturated rings. The highest BCUT2D eigenvalue weighted by Crippen LogP contribution is 2.35. The molecule has 3 aromatic rings. The molecule has 1 aromatic heterocycles. The molecule has 0 amide bonds. The van der Waals surface area contributed by atoms with Crippen LogP contribution in [0.4, 0.5) is 13.2 Å². The van der Waals surface area contributed by atoms with E-state index in [-0.39, 0.29) is 0 Å². The van der Waals surface area contributed by atoms with Crippen LogP contribution in [0.1, 0.15) is 37.3 Å². The predicted molar refractivity (Wildman–Crippen MR) is 89.9 cm³/mol. The minimum absolute atomic E-state index is 0.557. The summed E-state index contributed by atoms with van der Waals surface area (Å²) in [6.07, 6.45) is 2.75. The Kier molecular flexibility index (Phi) is 3.63. The second-order valence-electron chi connectivity index (χ2n) is 6.51. The summed E-state index contributed by atoms with van der Waals surface area (Å²) >= 11 is 0. The quantitative estimate of drug-likeness (QED) is 0.509. The van der Waals surface area contributed by atoms with Gasteiger partial charge in [-0.3, -0.25) is 0 Å². The molecule has 124 valence electrons. The zero-order chi connectivity index (χ0) is 16.7. The Labute approximate surface area is 138 Å². The van der Waals surface area contributed by atoms with E-state index in [1.807, 2.05) is 18.2 Å². The number of alkyl halides is 3. The van der Waals surface area contributed by atoms with Gasteiger partial charge in [-0.2, -0.15) is 13.2 Å². The summed E-state index contributed by atoms with van der Waals surface area (Å²) in [6.45, 7) is 0. The SMILES string of the molecule is FC(F)(F)c1cccc(-c2ccc3c(ccn3C3CCCC3)c2)c1. The van der Waals surface area contributed by atoms with Crippen LogP contribution < -0.4 is 0 Å². The summed E-state index contributed by atoms with van der Waals surface area (Å²) in [7, 11) is 0. The Morgan fingerprint density at radius 1 is 0.875 bits per heavy atom. The van der Waals surface area contributed by atoms with E-state index in [1.54, 1.807) is 6.07 Å². The van der Waals surface area contributed by atoms with Crippen LogP contribution in [0.5, 0.6) is 0 Å². The first-order valence-electron chi connectivity index (χ1n) is 8.30. The summed E-state index contributed by atoms with van der Waals surface area (Å²) in [5, 5.41) is 1.08. The molecule has 1 heterocycles. The van der Waals surface area contributed by atoms with Gasteiger partial charge in [0.15, 0.2) is 0 Å². The number of nitrogens with zero attached hydrogens (tertiary/aromatic N) is 1. The van der Waals surface area contributed by atoms with Gasteiger partial charge in [0.2, 0.25) is 0 Å². The fourth-order valence-electron chi connectivity index (χ4n) is 3.72. The Bertz CT molecular complexity index is 870. The van der Waals surface area contributed by atoms with Gasteiger partial charge in [-0.25, -0.2) is 0 Å². The van der Waals surface area contributed by atoms with Crippen LogP contribution in [-0.4, -0.2) is 4.57 Å². The Morgan fingerprint density at radius 3 is 2.38 bits per heavy atom. The lowest BCUT2D eigenvalue weighted by Crippen LogP contribution is -2.04. The van der Waals surface area contributed by atoms with E-state index in [0.717, 1.165) is 22.5 Å². The van der Waals surface area contributed by atoms with Crippen molar-refractivity contribution in [2.24, 2.45) is 0 Å². The van der Waals surface area contributed by atoms with Gasteiger partial charge in [-0.1, -0.05) is 31.0 Å². The number of aromatic nitrogens is 1. The molecular formula is C20H18F3N. The number of rotatable bonds is 2. The lowest BCUT2D eigenvalue weighted by Gasteiger charge is -2.14. The van der Waals surface area contributed by atoms with Crippen LogP contribution in [0.15, 0.2) is 54.7 Å². The largest absolute Gasteiger partial charge is 0.416 e. The summed E-state index contributed by atoms with van der Waals surface area (Å²) in [4.78, 5) is 0. The van der Waals surface area contributed by atoms with Gasteiger partial charge < -0.3 is 4.57 Å². The van der Waals surface area contributed by atoms with Gasteiger partial charge in [0.05, 0.1) is 5.56 Å². The maximum absolute atomic E-state index is 12.9. The first-order valence-corrected chi connectivity index (χ1v) is 8.30. The van der Waals surface area contributed by atoms with Crippen molar-refractivity contribution in [3.8, 4) is 11.1 Å². The molecule has 24 heavy (non-hydrogen) atoms. The highest BCUT2D eigenvalue weighted by molar-refractivity contribution is 5.86. The van der Waals surface area contributed by atoms with Crippen molar-refractivity contribution in [1.82, 2.24) is 4.57 Å². The van der Waals surface area contributed by atoms with Crippen molar-refractivity contribution in [2.45, 2.75) is 37.9 Å². The zero-order valence-corrected chi connectivity index (χ0v) is 13.2. The highest BCUT2D eigenvalue weighted by atomic mass is 19.4. The van der Waals surface area contributed by atoms with Crippen LogP contribution in [-0.2, 0) is 6.18 Å². The predicted octanol–water partition coefficient (Wildman–Crippen LogP) is 6.44. The topological polar surface area (TPSA) is 4.93 Å². The molecule has 0 saturated heterocycles. The van der Waals surface area contributed by atoms with Gasteiger partial charge in [-0.05, 0) is 54.3 Å². The minimum Gasteiger partial charge on any atom is -0.344 e. The Hall–Kier alpha value is -2.23. The maximum atomic E-state index is 12.9. The van der Waals surface area contributed by atoms with E-state index < -0.39 is 11.7 Å². The first kappa shape index (κ1) is 15.3. The van der Waals surface area contributed by atoms with Crippen molar-refractivity contribution in [1.29, 1.82) is 0 Å². The Balaban J connectivity index is 1.73. The number of hydrogen-bond donors (Lipinski definition) is 0. The average molecular weight is 329 g/mol. The maximum Gasteiger partial charge on any atom is 0.416 e. The molecule has 0 atom stereocenters. The smallest absolute Gasteiger partial charge is 0.344 e. The zero-order valence-electron chi connectivity index (χ0n) is 13.2. The van der Waals surface area contributed by atoms with Gasteiger partial charge in [0.1, 0.15) is 0 Å². The van der Waals surface area contributed by atoms with E-state index in [2.05, 4.69) is 16.8 Å². The molecule has 4 heteroatoms. The van der Waals surface area contributed by atoms with Gasteiger partial charge in [0, 0.05) is 23.1 Å². The molecule has 0 N–H and O–H groups in total. The van der Waals surface area contributed by atoms with E-state index in [0.29, 0.717) is 11.6 Å². The van der Waals surface area contributed by atoms with Crippen LogP contribution in [0.2, 0.25) is 0 Å². The second kappa shape index (κ2) is 5.69. The molecule has 0 bridgehead atoms. The third-order valence-corrected chi connectivity index (χ3v) is 4.96. The van der Waals surface area contributed by atoms with E-state index in [9.17, 15) is 13.2 Å². The lowest BCUT2D eigenvalue weighted by atomic mass is 10.0. The second-order valence-corrected chi connectivity index (χ2v) is 6.51. The van der Waals surface area contributed by atoms with Crippen LogP contribution in [0.25, 0.3) is 22.0 Å². The van der Waals surface area contributed by atoms with Crippen LogP contribution in [0, 0.1) is 0 Å². The van der Waals surface area contributed by atoms with E-state index in [4.69, 9.17) is 0 Å².